The van der Waals surface area contributed by atoms with Crippen LogP contribution in [0, 0.1) is 0 Å². The minimum Gasteiger partial charge on any atom is -0.388 e. The highest BCUT2D eigenvalue weighted by atomic mass is 16.3. The molecule has 0 amide bonds. The average Bonchev–Trinajstić information content (AvgIpc) is 2.84. The van der Waals surface area contributed by atoms with Crippen molar-refractivity contribution in [3.63, 3.8) is 0 Å². The maximum absolute atomic E-state index is 9.89. The molecule has 4 heteroatoms. The zero-order valence-electron chi connectivity index (χ0n) is 9.65. The van der Waals surface area contributed by atoms with Crippen LogP contribution < -0.4 is 5.32 Å². The molecule has 1 unspecified atom stereocenters. The van der Waals surface area contributed by atoms with Gasteiger partial charge in [0.2, 0.25) is 0 Å². The monoisotopic (exact) mass is 223 g/mol. The number of aliphatic hydroxyl groups excluding tert-OH is 1. The molecule has 0 aromatic carbocycles. The molecule has 1 aromatic rings. The first-order valence-corrected chi connectivity index (χ1v) is 6.10. The Kier molecular flexibility index (Phi) is 4.39. The number of nitrogens with zero attached hydrogens (tertiary/aromatic N) is 1. The number of hydrogen-bond acceptors (Lipinski definition) is 3. The number of hydrogen-bond donors (Lipinski definition) is 3. The highest BCUT2D eigenvalue weighted by molar-refractivity contribution is 5.11. The van der Waals surface area contributed by atoms with Crippen LogP contribution in [0.1, 0.15) is 24.5 Å². The first-order valence-electron chi connectivity index (χ1n) is 6.10. The summed E-state index contributed by atoms with van der Waals surface area (Å²) in [4.78, 5) is 5.43. The lowest BCUT2D eigenvalue weighted by Crippen LogP contribution is -2.43. The molecule has 0 spiro atoms. The molecule has 1 aliphatic rings. The van der Waals surface area contributed by atoms with Gasteiger partial charge in [-0.25, -0.2) is 0 Å². The SMILES string of the molecule is OC(CCCN1CCNCC1)c1cc[nH]c1. The molecule has 90 valence electrons. The van der Waals surface area contributed by atoms with Gasteiger partial charge in [0.05, 0.1) is 6.10 Å². The Morgan fingerprint density at radius 2 is 2.19 bits per heavy atom. The lowest BCUT2D eigenvalue weighted by atomic mass is 10.1. The van der Waals surface area contributed by atoms with E-state index in [-0.39, 0.29) is 6.10 Å². The Hall–Kier alpha value is -0.840. The number of piperazine rings is 1. The van der Waals surface area contributed by atoms with Gasteiger partial charge >= 0.3 is 0 Å². The molecule has 4 nitrogen and oxygen atoms in total. The van der Waals surface area contributed by atoms with Crippen molar-refractivity contribution in [2.75, 3.05) is 32.7 Å². The molecule has 2 rings (SSSR count). The Morgan fingerprint density at radius 1 is 1.38 bits per heavy atom. The predicted molar refractivity (Wildman–Crippen MR) is 64.3 cm³/mol. The van der Waals surface area contributed by atoms with Gasteiger partial charge in [-0.15, -0.1) is 0 Å². The van der Waals surface area contributed by atoms with Gasteiger partial charge < -0.3 is 20.3 Å². The van der Waals surface area contributed by atoms with Crippen molar-refractivity contribution in [2.45, 2.75) is 18.9 Å². The summed E-state index contributed by atoms with van der Waals surface area (Å²) in [6, 6.07) is 1.94. The maximum atomic E-state index is 9.89. The number of aromatic amines is 1. The van der Waals surface area contributed by atoms with E-state index in [2.05, 4.69) is 15.2 Å². The van der Waals surface area contributed by atoms with Crippen LogP contribution in [0.5, 0.6) is 0 Å². The van der Waals surface area contributed by atoms with Gasteiger partial charge in [-0.05, 0) is 31.0 Å². The summed E-state index contributed by atoms with van der Waals surface area (Å²) in [6.45, 7) is 5.57. The van der Waals surface area contributed by atoms with E-state index in [1.165, 1.54) is 0 Å². The summed E-state index contributed by atoms with van der Waals surface area (Å²) >= 11 is 0. The highest BCUT2D eigenvalue weighted by Crippen LogP contribution is 2.17. The molecule has 2 heterocycles. The highest BCUT2D eigenvalue weighted by Gasteiger charge is 2.11. The largest absolute Gasteiger partial charge is 0.388 e. The number of nitrogens with one attached hydrogen (secondary N) is 2. The minimum atomic E-state index is -0.311. The van der Waals surface area contributed by atoms with Crippen molar-refractivity contribution < 1.29 is 5.11 Å². The number of H-pyrrole nitrogens is 1. The predicted octanol–water partition coefficient (Wildman–Crippen LogP) is 0.733. The molecular formula is C12H21N3O. The van der Waals surface area contributed by atoms with Crippen molar-refractivity contribution in [3.8, 4) is 0 Å². The topological polar surface area (TPSA) is 51.3 Å². The Morgan fingerprint density at radius 3 is 2.88 bits per heavy atom. The number of aliphatic hydroxyl groups is 1. The molecule has 1 saturated heterocycles. The molecule has 0 radical (unpaired) electrons. The Bertz CT molecular complexity index is 280. The van der Waals surface area contributed by atoms with Gasteiger partial charge in [0.1, 0.15) is 0 Å². The summed E-state index contributed by atoms with van der Waals surface area (Å²) in [7, 11) is 0. The van der Waals surface area contributed by atoms with Crippen LogP contribution in [-0.2, 0) is 0 Å². The van der Waals surface area contributed by atoms with Crippen molar-refractivity contribution in [2.24, 2.45) is 0 Å². The second-order valence-corrected chi connectivity index (χ2v) is 4.39. The van der Waals surface area contributed by atoms with Gasteiger partial charge in [0.15, 0.2) is 0 Å². The molecule has 0 saturated carbocycles. The van der Waals surface area contributed by atoms with E-state index in [0.717, 1.165) is 51.1 Å². The van der Waals surface area contributed by atoms with Crippen LogP contribution in [0.3, 0.4) is 0 Å². The fraction of sp³-hybridized carbons (Fsp3) is 0.667. The zero-order chi connectivity index (χ0) is 11.2. The molecule has 1 atom stereocenters. The fourth-order valence-electron chi connectivity index (χ4n) is 2.15. The van der Waals surface area contributed by atoms with E-state index < -0.39 is 0 Å². The van der Waals surface area contributed by atoms with Gasteiger partial charge in [0, 0.05) is 38.6 Å². The van der Waals surface area contributed by atoms with Crippen LogP contribution in [0.15, 0.2) is 18.5 Å². The molecule has 3 N–H and O–H groups in total. The third-order valence-corrected chi connectivity index (χ3v) is 3.17. The fourth-order valence-corrected chi connectivity index (χ4v) is 2.15. The zero-order valence-corrected chi connectivity index (χ0v) is 9.65. The van der Waals surface area contributed by atoms with E-state index in [4.69, 9.17) is 0 Å². The van der Waals surface area contributed by atoms with E-state index in [9.17, 15) is 5.11 Å². The van der Waals surface area contributed by atoms with Gasteiger partial charge in [-0.2, -0.15) is 0 Å². The maximum Gasteiger partial charge on any atom is 0.0805 e. The van der Waals surface area contributed by atoms with Gasteiger partial charge in [0.25, 0.3) is 0 Å². The van der Waals surface area contributed by atoms with Crippen LogP contribution in [0.25, 0.3) is 0 Å². The lowest BCUT2D eigenvalue weighted by molar-refractivity contribution is 0.152. The van der Waals surface area contributed by atoms with Crippen molar-refractivity contribution in [3.05, 3.63) is 24.0 Å². The van der Waals surface area contributed by atoms with E-state index in [0.29, 0.717) is 0 Å². The molecule has 1 aromatic heterocycles. The van der Waals surface area contributed by atoms with Crippen molar-refractivity contribution in [1.82, 2.24) is 15.2 Å². The second kappa shape index (κ2) is 6.03. The summed E-state index contributed by atoms with van der Waals surface area (Å²) < 4.78 is 0. The van der Waals surface area contributed by atoms with E-state index in [1.54, 1.807) is 0 Å². The lowest BCUT2D eigenvalue weighted by Gasteiger charge is -2.27. The minimum absolute atomic E-state index is 0.311. The second-order valence-electron chi connectivity index (χ2n) is 4.39. The van der Waals surface area contributed by atoms with Crippen molar-refractivity contribution in [1.29, 1.82) is 0 Å². The van der Waals surface area contributed by atoms with E-state index >= 15 is 0 Å². The van der Waals surface area contributed by atoms with Crippen LogP contribution in [0.2, 0.25) is 0 Å². The van der Waals surface area contributed by atoms with Crippen LogP contribution in [0.4, 0.5) is 0 Å². The first-order chi connectivity index (χ1) is 7.86. The molecule has 1 aliphatic heterocycles. The van der Waals surface area contributed by atoms with E-state index in [1.807, 2.05) is 18.5 Å². The molecule has 0 bridgehead atoms. The van der Waals surface area contributed by atoms with Crippen LogP contribution in [-0.4, -0.2) is 47.7 Å². The standard InChI is InChI=1S/C12H21N3O/c16-12(11-3-4-14-10-11)2-1-7-15-8-5-13-6-9-15/h3-4,10,12-14,16H,1-2,5-9H2. The first kappa shape index (κ1) is 11.6. The molecular weight excluding hydrogens is 202 g/mol. The summed E-state index contributed by atoms with van der Waals surface area (Å²) in [6.07, 6.45) is 5.33. The van der Waals surface area contributed by atoms with Crippen molar-refractivity contribution >= 4 is 0 Å². The normalized spacial score (nSPS) is 19.8. The average molecular weight is 223 g/mol. The third kappa shape index (κ3) is 3.33. The summed E-state index contributed by atoms with van der Waals surface area (Å²) in [5.74, 6) is 0. The van der Waals surface area contributed by atoms with Gasteiger partial charge in [-0.3, -0.25) is 0 Å². The Labute approximate surface area is 96.7 Å². The smallest absolute Gasteiger partial charge is 0.0805 e. The molecule has 0 aliphatic carbocycles. The molecule has 1 fully saturated rings. The number of aromatic nitrogens is 1. The summed E-state index contributed by atoms with van der Waals surface area (Å²) in [5, 5.41) is 13.2. The molecule has 16 heavy (non-hydrogen) atoms. The quantitative estimate of drug-likeness (QED) is 0.690. The number of rotatable bonds is 5. The third-order valence-electron chi connectivity index (χ3n) is 3.17. The Balaban J connectivity index is 1.63. The van der Waals surface area contributed by atoms with Crippen LogP contribution >= 0.6 is 0 Å². The van der Waals surface area contributed by atoms with Gasteiger partial charge in [-0.1, -0.05) is 0 Å². The summed E-state index contributed by atoms with van der Waals surface area (Å²) in [5.41, 5.74) is 1.00.